The van der Waals surface area contributed by atoms with Crippen LogP contribution in [0.3, 0.4) is 0 Å². The van der Waals surface area contributed by atoms with Gasteiger partial charge in [0.25, 0.3) is 0 Å². The number of hydrogen-bond acceptors (Lipinski definition) is 8. The van der Waals surface area contributed by atoms with E-state index >= 15 is 0 Å². The topological polar surface area (TPSA) is 102 Å². The lowest BCUT2D eigenvalue weighted by Crippen LogP contribution is -2.13. The second-order valence-corrected chi connectivity index (χ2v) is 8.44. The van der Waals surface area contributed by atoms with E-state index in [9.17, 15) is 4.79 Å². The third-order valence-electron chi connectivity index (χ3n) is 4.75. The molecule has 2 aromatic rings. The summed E-state index contributed by atoms with van der Waals surface area (Å²) in [4.78, 5) is 11.9. The summed E-state index contributed by atoms with van der Waals surface area (Å²) < 4.78 is 5.55. The molecule has 0 bridgehead atoms. The van der Waals surface area contributed by atoms with E-state index in [2.05, 4.69) is 44.2 Å². The van der Waals surface area contributed by atoms with Gasteiger partial charge in [0.2, 0.25) is 11.0 Å². The van der Waals surface area contributed by atoms with Crippen molar-refractivity contribution in [2.45, 2.75) is 52.9 Å². The van der Waals surface area contributed by atoms with Gasteiger partial charge in [0.05, 0.1) is 5.69 Å². The fourth-order valence-electron chi connectivity index (χ4n) is 2.68. The summed E-state index contributed by atoms with van der Waals surface area (Å²) >= 11 is 1.49. The van der Waals surface area contributed by atoms with Crippen molar-refractivity contribution in [3.63, 3.8) is 0 Å². The number of anilines is 2. The first-order chi connectivity index (χ1) is 15.9. The highest BCUT2D eigenvalue weighted by molar-refractivity contribution is 7.15. The molecule has 0 saturated carbocycles. The molecular weight excluding hydrogens is 436 g/mol. The monoisotopic (exact) mass is 468 g/mol. The van der Waals surface area contributed by atoms with E-state index in [-0.39, 0.29) is 5.91 Å². The number of nitrogens with zero attached hydrogens (tertiary/aromatic N) is 4. The lowest BCUT2D eigenvalue weighted by atomic mass is 10.1. The van der Waals surface area contributed by atoms with Gasteiger partial charge in [-0.05, 0) is 64.3 Å². The smallest absolute Gasteiger partial charge is 0.229 e. The van der Waals surface area contributed by atoms with E-state index in [0.717, 1.165) is 47.5 Å². The molecule has 0 aliphatic heterocycles. The van der Waals surface area contributed by atoms with Crippen molar-refractivity contribution in [3.8, 4) is 0 Å². The molecule has 0 aliphatic carbocycles. The van der Waals surface area contributed by atoms with E-state index in [0.29, 0.717) is 29.9 Å². The predicted octanol–water partition coefficient (Wildman–Crippen LogP) is 5.22. The minimum absolute atomic E-state index is 0.0898. The highest BCUT2D eigenvalue weighted by atomic mass is 32.1. The average molecular weight is 469 g/mol. The van der Waals surface area contributed by atoms with E-state index in [1.807, 2.05) is 39.0 Å². The SMILES string of the molecule is C=C/C(=C\C)COC(=C)Nc1nnc(CCCCc2ccc(NC(=O)C/C(C)=C/C)nn2)s1. The largest absolute Gasteiger partial charge is 0.475 e. The van der Waals surface area contributed by atoms with Crippen molar-refractivity contribution in [1.29, 1.82) is 0 Å². The number of carbonyl (C=O) groups is 1. The second kappa shape index (κ2) is 13.9. The van der Waals surface area contributed by atoms with E-state index in [1.54, 1.807) is 12.1 Å². The summed E-state index contributed by atoms with van der Waals surface area (Å²) in [6.07, 6.45) is 9.52. The minimum atomic E-state index is -0.0898. The summed E-state index contributed by atoms with van der Waals surface area (Å²) in [5, 5.41) is 24.1. The Bertz CT molecular complexity index is 995. The summed E-state index contributed by atoms with van der Waals surface area (Å²) in [7, 11) is 0. The Labute approximate surface area is 199 Å². The molecule has 176 valence electrons. The maximum Gasteiger partial charge on any atom is 0.229 e. The minimum Gasteiger partial charge on any atom is -0.475 e. The fourth-order valence-corrected chi connectivity index (χ4v) is 3.47. The van der Waals surface area contributed by atoms with Gasteiger partial charge in [-0.3, -0.25) is 4.79 Å². The number of unbranched alkanes of at least 4 members (excludes halogenated alkanes) is 1. The van der Waals surface area contributed by atoms with Crippen molar-refractivity contribution >= 4 is 28.2 Å². The Morgan fingerprint density at radius 3 is 2.55 bits per heavy atom. The van der Waals surface area contributed by atoms with Gasteiger partial charge in [-0.2, -0.15) is 5.10 Å². The van der Waals surface area contributed by atoms with Crippen LogP contribution in [-0.2, 0) is 22.4 Å². The standard InChI is InChI=1S/C24H32N6O2S/c1-6-17(4)15-22(31)26-21-14-13-20(27-28-21)11-9-10-12-23-29-30-24(33-23)25-18(5)32-16-19(7-2)8-3/h6-8,13-14H,2,5,9-12,15-16H2,1,3-4H3,(H,25,30)(H,26,28,31)/b17-6+,19-8+. The zero-order chi connectivity index (χ0) is 24.1. The molecule has 0 unspecified atom stereocenters. The van der Waals surface area contributed by atoms with Crippen LogP contribution < -0.4 is 10.6 Å². The molecule has 2 aromatic heterocycles. The Kier molecular flexibility index (Phi) is 11.0. The lowest BCUT2D eigenvalue weighted by molar-refractivity contribution is -0.115. The van der Waals surface area contributed by atoms with Crippen LogP contribution in [0.4, 0.5) is 10.9 Å². The average Bonchev–Trinajstić information content (AvgIpc) is 3.25. The zero-order valence-corrected chi connectivity index (χ0v) is 20.4. The van der Waals surface area contributed by atoms with Crippen LogP contribution in [0.15, 0.2) is 60.5 Å². The molecule has 0 fully saturated rings. The summed E-state index contributed by atoms with van der Waals surface area (Å²) in [5.41, 5.74) is 2.89. The molecule has 2 N–H and O–H groups in total. The van der Waals surface area contributed by atoms with Crippen LogP contribution in [0, 0.1) is 0 Å². The molecule has 2 heterocycles. The van der Waals surface area contributed by atoms with Gasteiger partial charge in [-0.1, -0.05) is 41.7 Å². The van der Waals surface area contributed by atoms with E-state index in [1.165, 1.54) is 11.3 Å². The maximum atomic E-state index is 11.9. The maximum absolute atomic E-state index is 11.9. The van der Waals surface area contributed by atoms with Crippen molar-refractivity contribution in [2.24, 2.45) is 0 Å². The van der Waals surface area contributed by atoms with Crippen LogP contribution in [0.25, 0.3) is 0 Å². The summed E-state index contributed by atoms with van der Waals surface area (Å²) in [6.45, 7) is 13.8. The van der Waals surface area contributed by atoms with Crippen molar-refractivity contribution < 1.29 is 9.53 Å². The normalized spacial score (nSPS) is 11.7. The number of allylic oxidation sites excluding steroid dienone is 2. The Hall–Kier alpha value is -3.33. The Morgan fingerprint density at radius 2 is 1.88 bits per heavy atom. The molecule has 0 saturated heterocycles. The molecule has 33 heavy (non-hydrogen) atoms. The van der Waals surface area contributed by atoms with Crippen LogP contribution in [0.2, 0.25) is 0 Å². The van der Waals surface area contributed by atoms with Crippen molar-refractivity contribution in [1.82, 2.24) is 20.4 Å². The molecule has 2 rings (SSSR count). The fraction of sp³-hybridized carbons (Fsp3) is 0.375. The van der Waals surface area contributed by atoms with Gasteiger partial charge in [0, 0.05) is 12.8 Å². The first-order valence-corrected chi connectivity index (χ1v) is 11.7. The van der Waals surface area contributed by atoms with Crippen LogP contribution in [0.5, 0.6) is 0 Å². The van der Waals surface area contributed by atoms with Crippen molar-refractivity contribution in [2.75, 3.05) is 17.2 Å². The molecule has 0 aromatic carbocycles. The van der Waals surface area contributed by atoms with E-state index in [4.69, 9.17) is 4.74 Å². The van der Waals surface area contributed by atoms with Crippen LogP contribution in [-0.4, -0.2) is 32.9 Å². The quantitative estimate of drug-likeness (QED) is 0.170. The number of ether oxygens (including phenoxy) is 1. The lowest BCUT2D eigenvalue weighted by Gasteiger charge is -2.09. The first kappa shape index (κ1) is 25.9. The van der Waals surface area contributed by atoms with Crippen LogP contribution >= 0.6 is 11.3 Å². The van der Waals surface area contributed by atoms with Gasteiger partial charge in [-0.25, -0.2) is 0 Å². The molecule has 9 heteroatoms. The number of amides is 1. The molecule has 0 aliphatic rings. The molecular formula is C24H32N6O2S. The molecule has 0 atom stereocenters. The van der Waals surface area contributed by atoms with E-state index < -0.39 is 0 Å². The number of aryl methyl sites for hydroxylation is 2. The van der Waals surface area contributed by atoms with Gasteiger partial charge < -0.3 is 15.4 Å². The number of hydrogen-bond donors (Lipinski definition) is 2. The first-order valence-electron chi connectivity index (χ1n) is 10.9. The Balaban J connectivity index is 1.69. The second-order valence-electron chi connectivity index (χ2n) is 7.38. The third-order valence-corrected chi connectivity index (χ3v) is 5.65. The zero-order valence-electron chi connectivity index (χ0n) is 19.6. The number of aromatic nitrogens is 4. The molecule has 0 radical (unpaired) electrons. The third kappa shape index (κ3) is 9.78. The predicted molar refractivity (Wildman–Crippen MR) is 134 cm³/mol. The number of rotatable bonds is 14. The highest BCUT2D eigenvalue weighted by Crippen LogP contribution is 2.19. The van der Waals surface area contributed by atoms with Gasteiger partial charge in [-0.15, -0.1) is 15.3 Å². The Morgan fingerprint density at radius 1 is 1.09 bits per heavy atom. The van der Waals surface area contributed by atoms with Gasteiger partial charge >= 0.3 is 0 Å². The molecule has 1 amide bonds. The van der Waals surface area contributed by atoms with Gasteiger partial charge in [0.1, 0.15) is 11.6 Å². The van der Waals surface area contributed by atoms with Crippen LogP contribution in [0.1, 0.15) is 50.7 Å². The number of nitrogens with one attached hydrogen (secondary N) is 2. The molecule has 8 nitrogen and oxygen atoms in total. The van der Waals surface area contributed by atoms with Crippen molar-refractivity contribution in [3.05, 3.63) is 71.2 Å². The number of carbonyl (C=O) groups excluding carboxylic acids is 1. The van der Waals surface area contributed by atoms with Gasteiger partial charge in [0.15, 0.2) is 11.7 Å². The summed E-state index contributed by atoms with van der Waals surface area (Å²) in [5.74, 6) is 0.806. The summed E-state index contributed by atoms with van der Waals surface area (Å²) in [6, 6.07) is 3.69. The molecule has 0 spiro atoms. The highest BCUT2D eigenvalue weighted by Gasteiger charge is 2.07.